The zero-order valence-corrected chi connectivity index (χ0v) is 12.3. The molecule has 0 N–H and O–H groups in total. The smallest absolute Gasteiger partial charge is 0.236 e. The lowest BCUT2D eigenvalue weighted by atomic mass is 10.0. The number of nitrogens with zero attached hydrogens (tertiary/aromatic N) is 2. The van der Waals surface area contributed by atoms with Gasteiger partial charge in [-0.15, -0.1) is 0 Å². The van der Waals surface area contributed by atoms with E-state index in [-0.39, 0.29) is 29.3 Å². The van der Waals surface area contributed by atoms with Gasteiger partial charge in [0.2, 0.25) is 12.3 Å². The molecule has 0 atom stereocenters. The second-order valence-corrected chi connectivity index (χ2v) is 4.38. The van der Waals surface area contributed by atoms with Crippen molar-refractivity contribution in [2.75, 3.05) is 0 Å². The van der Waals surface area contributed by atoms with E-state index in [2.05, 4.69) is 5.10 Å². The van der Waals surface area contributed by atoms with Crippen molar-refractivity contribution < 1.29 is 26.5 Å². The fourth-order valence-corrected chi connectivity index (χ4v) is 2.06. The van der Waals surface area contributed by atoms with Crippen molar-refractivity contribution in [1.82, 2.24) is 5.10 Å². The average Bonchev–Trinajstić information content (AvgIpc) is 2.48. The van der Waals surface area contributed by atoms with Crippen LogP contribution in [0.3, 0.4) is 0 Å². The number of Topliss-reactive ketones (excluding diaryl/α,β-unsaturated/α-hetero) is 1. The van der Waals surface area contributed by atoms with Gasteiger partial charge < -0.3 is 17.0 Å². The van der Waals surface area contributed by atoms with Gasteiger partial charge in [-0.05, 0) is 28.0 Å². The van der Waals surface area contributed by atoms with Gasteiger partial charge in [-0.3, -0.25) is 4.79 Å². The van der Waals surface area contributed by atoms with Gasteiger partial charge in [0.1, 0.15) is 0 Å². The highest BCUT2D eigenvalue weighted by Crippen LogP contribution is 2.15. The monoisotopic (exact) mass is 328 g/mol. The van der Waals surface area contributed by atoms with Crippen molar-refractivity contribution in [3.05, 3.63) is 72.6 Å². The topological polar surface area (TPSA) is 33.8 Å². The number of carbonyl (C=O) groups excluding carboxylic acids is 1. The van der Waals surface area contributed by atoms with Gasteiger partial charge in [-0.1, -0.05) is 41.1 Å². The Hall–Kier alpha value is -2.07. The molecule has 3 nitrogen and oxygen atoms in total. The molecule has 0 radical (unpaired) electrons. The van der Waals surface area contributed by atoms with E-state index in [1.165, 1.54) is 0 Å². The van der Waals surface area contributed by atoms with E-state index in [0.29, 0.717) is 0 Å². The summed E-state index contributed by atoms with van der Waals surface area (Å²) in [5.41, 5.74) is 0.719. The standard InChI is InChI=1S/C16H13N2O.BrH/c19-16(12-18-10-4-3-9-17-18)15-8-7-13-5-1-2-6-14(13)11-15;/h1-11H,12H2;1H/q+1;/p-1. The molecule has 2 aromatic carbocycles. The molecule has 20 heavy (non-hydrogen) atoms. The van der Waals surface area contributed by atoms with Crippen LogP contribution in [0.25, 0.3) is 10.8 Å². The Kier molecular flexibility index (Phi) is 4.58. The lowest BCUT2D eigenvalue weighted by Gasteiger charge is -2.00. The Bertz CT molecular complexity index is 729. The quantitative estimate of drug-likeness (QED) is 0.475. The first kappa shape index (κ1) is 14.3. The van der Waals surface area contributed by atoms with Crippen molar-refractivity contribution in [3.63, 3.8) is 0 Å². The zero-order valence-electron chi connectivity index (χ0n) is 10.7. The minimum absolute atomic E-state index is 0. The molecule has 0 unspecified atom stereocenters. The molecule has 100 valence electrons. The molecule has 0 saturated carbocycles. The summed E-state index contributed by atoms with van der Waals surface area (Å²) in [6.45, 7) is 0.263. The molecule has 0 aliphatic carbocycles. The van der Waals surface area contributed by atoms with Crippen LogP contribution in [0.15, 0.2) is 67.0 Å². The molecule has 0 fully saturated rings. The van der Waals surface area contributed by atoms with E-state index in [1.807, 2.05) is 54.6 Å². The lowest BCUT2D eigenvalue weighted by molar-refractivity contribution is -0.741. The summed E-state index contributed by atoms with van der Waals surface area (Å²) < 4.78 is 1.64. The van der Waals surface area contributed by atoms with E-state index < -0.39 is 0 Å². The van der Waals surface area contributed by atoms with E-state index in [9.17, 15) is 4.79 Å². The fourth-order valence-electron chi connectivity index (χ4n) is 2.06. The average molecular weight is 329 g/mol. The van der Waals surface area contributed by atoms with Crippen molar-refractivity contribution in [2.24, 2.45) is 0 Å². The van der Waals surface area contributed by atoms with Crippen LogP contribution in [0.2, 0.25) is 0 Å². The molecule has 0 aliphatic heterocycles. The third-order valence-electron chi connectivity index (χ3n) is 3.05. The highest BCUT2D eigenvalue weighted by atomic mass is 79.9. The number of benzene rings is 2. The van der Waals surface area contributed by atoms with Gasteiger partial charge in [0, 0.05) is 11.6 Å². The van der Waals surface area contributed by atoms with Gasteiger partial charge in [-0.25, -0.2) is 0 Å². The minimum atomic E-state index is 0. The number of ketones is 1. The molecule has 0 saturated heterocycles. The first-order valence-electron chi connectivity index (χ1n) is 6.16. The number of rotatable bonds is 3. The van der Waals surface area contributed by atoms with E-state index in [0.717, 1.165) is 16.3 Å². The number of hydrogen-bond acceptors (Lipinski definition) is 2. The molecule has 3 aromatic rings. The van der Waals surface area contributed by atoms with Gasteiger partial charge in [-0.2, -0.15) is 0 Å². The largest absolute Gasteiger partial charge is 1.00 e. The molecule has 4 heteroatoms. The van der Waals surface area contributed by atoms with Gasteiger partial charge >= 0.3 is 0 Å². The second-order valence-electron chi connectivity index (χ2n) is 4.38. The molecule has 0 aliphatic rings. The van der Waals surface area contributed by atoms with Gasteiger partial charge in [0.05, 0.1) is 6.20 Å². The van der Waals surface area contributed by atoms with Crippen molar-refractivity contribution in [1.29, 1.82) is 0 Å². The number of aromatic nitrogens is 2. The highest BCUT2D eigenvalue weighted by Gasteiger charge is 2.13. The molecule has 0 amide bonds. The maximum atomic E-state index is 12.2. The van der Waals surface area contributed by atoms with Gasteiger partial charge in [0.15, 0.2) is 6.20 Å². The normalized spacial score (nSPS) is 10.0. The van der Waals surface area contributed by atoms with E-state index >= 15 is 0 Å². The lowest BCUT2D eigenvalue weighted by Crippen LogP contribution is -3.00. The summed E-state index contributed by atoms with van der Waals surface area (Å²) in [4.78, 5) is 12.2. The second kappa shape index (κ2) is 6.39. The summed E-state index contributed by atoms with van der Waals surface area (Å²) in [6, 6.07) is 17.5. The van der Waals surface area contributed by atoms with Gasteiger partial charge in [0.25, 0.3) is 0 Å². The number of fused-ring (bicyclic) bond motifs is 1. The Balaban J connectivity index is 0.00000147. The fraction of sp³-hybridized carbons (Fsp3) is 0.0625. The summed E-state index contributed by atoms with van der Waals surface area (Å²) in [5.74, 6) is 0.0643. The highest BCUT2D eigenvalue weighted by molar-refractivity contribution is 5.99. The van der Waals surface area contributed by atoms with Crippen LogP contribution in [0.4, 0.5) is 0 Å². The molecule has 0 bridgehead atoms. The molecule has 3 rings (SSSR count). The third-order valence-corrected chi connectivity index (χ3v) is 3.05. The molecule has 1 heterocycles. The number of halogens is 1. The maximum Gasteiger partial charge on any atom is 0.236 e. The first-order valence-corrected chi connectivity index (χ1v) is 6.16. The van der Waals surface area contributed by atoms with Crippen LogP contribution in [-0.2, 0) is 6.54 Å². The Labute approximate surface area is 127 Å². The molecule has 0 spiro atoms. The summed E-state index contributed by atoms with van der Waals surface area (Å²) in [5, 5.41) is 6.33. The van der Waals surface area contributed by atoms with Crippen LogP contribution >= 0.6 is 0 Å². The minimum Gasteiger partial charge on any atom is -1.00 e. The van der Waals surface area contributed by atoms with Crippen LogP contribution in [0, 0.1) is 0 Å². The van der Waals surface area contributed by atoms with E-state index in [4.69, 9.17) is 0 Å². The molecule has 1 aromatic heterocycles. The summed E-state index contributed by atoms with van der Waals surface area (Å²) in [6.07, 6.45) is 3.46. The number of hydrogen-bond donors (Lipinski definition) is 0. The van der Waals surface area contributed by atoms with Crippen molar-refractivity contribution in [2.45, 2.75) is 6.54 Å². The Morgan fingerprint density at radius 3 is 2.55 bits per heavy atom. The molecular formula is C16H13BrN2O. The SMILES string of the molecule is O=C(C[n+]1ccccn1)c1ccc2ccccc2c1.[Br-]. The zero-order chi connectivity index (χ0) is 13.1. The Morgan fingerprint density at radius 1 is 1.00 bits per heavy atom. The predicted octanol–water partition coefficient (Wildman–Crippen LogP) is -0.591. The third kappa shape index (κ3) is 3.08. The Morgan fingerprint density at radius 2 is 1.80 bits per heavy atom. The summed E-state index contributed by atoms with van der Waals surface area (Å²) in [7, 11) is 0. The maximum absolute atomic E-state index is 12.2. The van der Waals surface area contributed by atoms with Crippen molar-refractivity contribution in [3.8, 4) is 0 Å². The number of carbonyl (C=O) groups is 1. The van der Waals surface area contributed by atoms with Crippen LogP contribution in [0.1, 0.15) is 10.4 Å². The molecular weight excluding hydrogens is 316 g/mol. The summed E-state index contributed by atoms with van der Waals surface area (Å²) >= 11 is 0. The first-order chi connectivity index (χ1) is 9.33. The van der Waals surface area contributed by atoms with Crippen LogP contribution in [-0.4, -0.2) is 10.9 Å². The predicted molar refractivity (Wildman–Crippen MR) is 72.7 cm³/mol. The van der Waals surface area contributed by atoms with Crippen LogP contribution in [0.5, 0.6) is 0 Å². The van der Waals surface area contributed by atoms with Crippen molar-refractivity contribution >= 4 is 16.6 Å². The van der Waals surface area contributed by atoms with E-state index in [1.54, 1.807) is 17.1 Å². The van der Waals surface area contributed by atoms with Crippen LogP contribution < -0.4 is 21.7 Å².